The number of aliphatic hydroxyl groups excluding tert-OH is 3. The molecule has 1 aromatic heterocycles. The Hall–Kier alpha value is -2.87. The van der Waals surface area contributed by atoms with Crippen molar-refractivity contribution < 1.29 is 34.0 Å². The number of hydrogen-bond donors (Lipinski definition) is 3. The zero-order valence-electron chi connectivity index (χ0n) is 18.6. The van der Waals surface area contributed by atoms with Crippen LogP contribution in [0.2, 0.25) is 0 Å². The molecule has 0 saturated carbocycles. The minimum Gasteiger partial charge on any atom is -0.491 e. The molecule has 3 aromatic rings. The molecule has 1 heterocycles. The summed E-state index contributed by atoms with van der Waals surface area (Å²) in [5, 5.41) is 29.1. The van der Waals surface area contributed by atoms with E-state index in [1.807, 2.05) is 45.9 Å². The van der Waals surface area contributed by atoms with Gasteiger partial charge in [-0.05, 0) is 63.6 Å². The van der Waals surface area contributed by atoms with Crippen LogP contribution >= 0.6 is 0 Å². The second-order valence-corrected chi connectivity index (χ2v) is 8.92. The van der Waals surface area contributed by atoms with Crippen molar-refractivity contribution in [2.45, 2.75) is 51.4 Å². The number of aliphatic hydroxyl groups is 3. The molecule has 0 fully saturated rings. The first-order chi connectivity index (χ1) is 15.1. The second-order valence-electron chi connectivity index (χ2n) is 8.92. The monoisotopic (exact) mass is 440 g/mol. The van der Waals surface area contributed by atoms with Crippen LogP contribution < -0.4 is 9.47 Å². The van der Waals surface area contributed by atoms with Crippen molar-refractivity contribution in [2.75, 3.05) is 13.2 Å². The number of benzene rings is 2. The van der Waals surface area contributed by atoms with E-state index in [1.165, 1.54) is 0 Å². The van der Waals surface area contributed by atoms with Crippen molar-refractivity contribution in [3.63, 3.8) is 0 Å². The molecule has 1 aliphatic rings. The lowest BCUT2D eigenvalue weighted by molar-refractivity contribution is -0.0339. The fourth-order valence-electron chi connectivity index (χ4n) is 4.09. The quantitative estimate of drug-likeness (QED) is 0.518. The number of ether oxygens (including phenoxy) is 2. The van der Waals surface area contributed by atoms with E-state index in [-0.39, 0.29) is 18.5 Å². The molecular formula is C25H28O7. The first-order valence-corrected chi connectivity index (χ1v) is 10.7. The highest BCUT2D eigenvalue weighted by Crippen LogP contribution is 2.46. The topological polar surface area (TPSA) is 109 Å². The van der Waals surface area contributed by atoms with Crippen LogP contribution in [-0.2, 0) is 5.41 Å². The molecule has 170 valence electrons. The maximum Gasteiger partial charge on any atom is 0.197 e. The lowest BCUT2D eigenvalue weighted by Crippen LogP contribution is -2.34. The summed E-state index contributed by atoms with van der Waals surface area (Å²) in [4.78, 5) is 13.4. The smallest absolute Gasteiger partial charge is 0.197 e. The number of furan rings is 1. The van der Waals surface area contributed by atoms with Gasteiger partial charge in [0.1, 0.15) is 41.7 Å². The number of carbonyl (C=O) groups excluding carboxylic acids is 1. The van der Waals surface area contributed by atoms with Crippen LogP contribution in [0.5, 0.6) is 11.5 Å². The molecule has 1 unspecified atom stereocenters. The van der Waals surface area contributed by atoms with Crippen molar-refractivity contribution in [3.05, 3.63) is 58.8 Å². The predicted molar refractivity (Wildman–Crippen MR) is 119 cm³/mol. The van der Waals surface area contributed by atoms with Crippen LogP contribution in [0.4, 0.5) is 0 Å². The average Bonchev–Trinajstić information content (AvgIpc) is 3.15. The van der Waals surface area contributed by atoms with Gasteiger partial charge in [0.05, 0.1) is 18.3 Å². The summed E-state index contributed by atoms with van der Waals surface area (Å²) >= 11 is 0. The summed E-state index contributed by atoms with van der Waals surface area (Å²) in [6.07, 6.45) is -2.49. The Morgan fingerprint density at radius 2 is 1.75 bits per heavy atom. The van der Waals surface area contributed by atoms with Crippen molar-refractivity contribution in [1.82, 2.24) is 0 Å². The van der Waals surface area contributed by atoms with E-state index in [0.717, 1.165) is 10.9 Å². The van der Waals surface area contributed by atoms with Gasteiger partial charge in [0.15, 0.2) is 5.78 Å². The van der Waals surface area contributed by atoms with Gasteiger partial charge in [-0.2, -0.15) is 0 Å². The van der Waals surface area contributed by atoms with E-state index in [9.17, 15) is 15.0 Å². The van der Waals surface area contributed by atoms with Crippen molar-refractivity contribution in [3.8, 4) is 11.5 Å². The Morgan fingerprint density at radius 1 is 1.03 bits per heavy atom. The molecule has 1 aliphatic carbocycles. The zero-order chi connectivity index (χ0) is 23.2. The largest absolute Gasteiger partial charge is 0.491 e. The van der Waals surface area contributed by atoms with E-state index in [0.29, 0.717) is 34.0 Å². The molecule has 0 spiro atoms. The summed E-state index contributed by atoms with van der Waals surface area (Å²) in [5.74, 6) is 1.59. The van der Waals surface area contributed by atoms with Crippen LogP contribution in [0.1, 0.15) is 54.9 Å². The maximum absolute atomic E-state index is 13.4. The number of hydrogen-bond acceptors (Lipinski definition) is 7. The fourth-order valence-corrected chi connectivity index (χ4v) is 4.09. The van der Waals surface area contributed by atoms with Crippen LogP contribution in [-0.4, -0.2) is 52.6 Å². The van der Waals surface area contributed by atoms with E-state index in [1.54, 1.807) is 18.2 Å². The van der Waals surface area contributed by atoms with E-state index < -0.39 is 24.2 Å². The van der Waals surface area contributed by atoms with Gasteiger partial charge in [-0.25, -0.2) is 0 Å². The molecule has 7 nitrogen and oxygen atoms in total. The molecule has 0 bridgehead atoms. The van der Waals surface area contributed by atoms with E-state index in [2.05, 4.69) is 0 Å². The van der Waals surface area contributed by atoms with Gasteiger partial charge >= 0.3 is 0 Å². The molecule has 0 saturated heterocycles. The van der Waals surface area contributed by atoms with Gasteiger partial charge in [0.25, 0.3) is 0 Å². The molecule has 7 heteroatoms. The van der Waals surface area contributed by atoms with E-state index in [4.69, 9.17) is 19.0 Å². The summed E-state index contributed by atoms with van der Waals surface area (Å²) < 4.78 is 17.6. The third kappa shape index (κ3) is 3.77. The van der Waals surface area contributed by atoms with Gasteiger partial charge in [0.2, 0.25) is 0 Å². The first kappa shape index (κ1) is 22.3. The lowest BCUT2D eigenvalue weighted by atomic mass is 9.71. The maximum atomic E-state index is 13.4. The molecule has 3 N–H and O–H groups in total. The van der Waals surface area contributed by atoms with Gasteiger partial charge in [-0.15, -0.1) is 0 Å². The minimum absolute atomic E-state index is 0.0230. The second kappa shape index (κ2) is 8.24. The third-order valence-electron chi connectivity index (χ3n) is 5.79. The summed E-state index contributed by atoms with van der Waals surface area (Å²) in [5.41, 5.74) is 1.86. The Balaban J connectivity index is 1.72. The van der Waals surface area contributed by atoms with Gasteiger partial charge in [-0.1, -0.05) is 0 Å². The average molecular weight is 440 g/mol. The lowest BCUT2D eigenvalue weighted by Gasteiger charge is -2.31. The fraction of sp³-hybridized carbons (Fsp3) is 0.400. The van der Waals surface area contributed by atoms with Crippen molar-refractivity contribution in [2.24, 2.45) is 0 Å². The number of carbonyl (C=O) groups is 1. The van der Waals surface area contributed by atoms with Crippen LogP contribution in [0, 0.1) is 0 Å². The Kier molecular flexibility index (Phi) is 5.75. The first-order valence-electron chi connectivity index (χ1n) is 10.7. The van der Waals surface area contributed by atoms with Gasteiger partial charge < -0.3 is 29.2 Å². The Morgan fingerprint density at radius 3 is 2.44 bits per heavy atom. The van der Waals surface area contributed by atoms with E-state index >= 15 is 0 Å². The SMILES string of the molecule is CC(C)Oc1ccc2c3c(oc2c1)C(C)(C)c1cc(OC[C@@H](O)C(O)CO)ccc1C3=O. The third-order valence-corrected chi connectivity index (χ3v) is 5.79. The normalized spacial score (nSPS) is 16.6. The molecule has 32 heavy (non-hydrogen) atoms. The molecule has 0 amide bonds. The van der Waals surface area contributed by atoms with Gasteiger partial charge in [0, 0.05) is 22.4 Å². The Bertz CT molecular complexity index is 1160. The highest BCUT2D eigenvalue weighted by atomic mass is 16.5. The molecule has 0 radical (unpaired) electrons. The number of ketones is 1. The molecule has 2 aromatic carbocycles. The number of fused-ring (bicyclic) bond motifs is 4. The molecule has 0 aliphatic heterocycles. The summed E-state index contributed by atoms with van der Waals surface area (Å²) in [7, 11) is 0. The van der Waals surface area contributed by atoms with Crippen molar-refractivity contribution in [1.29, 1.82) is 0 Å². The van der Waals surface area contributed by atoms with Gasteiger partial charge in [-0.3, -0.25) is 4.79 Å². The molecular weight excluding hydrogens is 412 g/mol. The Labute approximate surface area is 186 Å². The number of rotatable bonds is 7. The van der Waals surface area contributed by atoms with Crippen LogP contribution in [0.25, 0.3) is 11.0 Å². The summed E-state index contributed by atoms with van der Waals surface area (Å²) in [6.45, 7) is 7.12. The molecule has 2 atom stereocenters. The van der Waals surface area contributed by atoms with Crippen molar-refractivity contribution >= 4 is 16.8 Å². The van der Waals surface area contributed by atoms with Crippen LogP contribution in [0.3, 0.4) is 0 Å². The minimum atomic E-state index is -1.28. The molecule has 4 rings (SSSR count). The summed E-state index contributed by atoms with van der Waals surface area (Å²) in [6, 6.07) is 10.6. The highest BCUT2D eigenvalue weighted by Gasteiger charge is 2.41. The highest BCUT2D eigenvalue weighted by molar-refractivity contribution is 6.19. The van der Waals surface area contributed by atoms with Crippen LogP contribution in [0.15, 0.2) is 40.8 Å². The standard InChI is InChI=1S/C25H28O7/c1-13(2)31-15-6-8-17-21(10-15)32-24-22(17)23(29)16-7-5-14(9-18(16)25(24,3)4)30-12-20(28)19(27)11-26/h5-10,13,19-20,26-28H,11-12H2,1-4H3/t19?,20-/m1/s1. The zero-order valence-corrected chi connectivity index (χ0v) is 18.6. The predicted octanol–water partition coefficient (Wildman–Crippen LogP) is 3.18.